The second-order valence-electron chi connectivity index (χ2n) is 3.87. The molecule has 0 aliphatic rings. The minimum Gasteiger partial charge on any atom is -0.327 e. The lowest BCUT2D eigenvalue weighted by Gasteiger charge is -2.08. The molecular weight excluding hydrogens is 184 g/mol. The van der Waals surface area contributed by atoms with Gasteiger partial charge in [0.2, 0.25) is 0 Å². The quantitative estimate of drug-likeness (QED) is 0.826. The summed E-state index contributed by atoms with van der Waals surface area (Å²) in [4.78, 5) is 4.58. The van der Waals surface area contributed by atoms with Crippen molar-refractivity contribution >= 4 is 10.9 Å². The number of aromatic nitrogens is 1. The van der Waals surface area contributed by atoms with Crippen LogP contribution in [-0.4, -0.2) is 11.0 Å². The predicted molar refractivity (Wildman–Crippen MR) is 63.7 cm³/mol. The molecule has 2 rings (SSSR count). The highest BCUT2D eigenvalue weighted by molar-refractivity contribution is 5.78. The van der Waals surface area contributed by atoms with Gasteiger partial charge in [-0.3, -0.25) is 4.98 Å². The van der Waals surface area contributed by atoms with Crippen molar-refractivity contribution in [3.05, 3.63) is 42.1 Å². The molecule has 0 bridgehead atoms. The molecular formula is C13H16N2. The summed E-state index contributed by atoms with van der Waals surface area (Å²) in [6.07, 6.45) is 1.86. The van der Waals surface area contributed by atoms with E-state index in [-0.39, 0.29) is 6.04 Å². The summed E-state index contributed by atoms with van der Waals surface area (Å²) in [5, 5.41) is 1.19. The summed E-state index contributed by atoms with van der Waals surface area (Å²) in [5.41, 5.74) is 8.05. The van der Waals surface area contributed by atoms with Crippen LogP contribution < -0.4 is 5.73 Å². The van der Waals surface area contributed by atoms with Crippen molar-refractivity contribution in [3.63, 3.8) is 0 Å². The van der Waals surface area contributed by atoms with E-state index < -0.39 is 0 Å². The molecule has 0 amide bonds. The predicted octanol–water partition coefficient (Wildman–Crippen LogP) is 2.51. The molecule has 1 unspecified atom stereocenters. The van der Waals surface area contributed by atoms with Crippen molar-refractivity contribution in [3.8, 4) is 0 Å². The lowest BCUT2D eigenvalue weighted by molar-refractivity contribution is 0.638. The molecule has 1 heterocycles. The number of pyridine rings is 1. The fourth-order valence-electron chi connectivity index (χ4n) is 1.63. The molecule has 2 N–H and O–H groups in total. The Kier molecular flexibility index (Phi) is 2.97. The fourth-order valence-corrected chi connectivity index (χ4v) is 1.63. The Balaban J connectivity index is 2.30. The van der Waals surface area contributed by atoms with E-state index in [0.717, 1.165) is 24.1 Å². The zero-order valence-corrected chi connectivity index (χ0v) is 8.98. The molecule has 0 aliphatic carbocycles. The summed E-state index contributed by atoms with van der Waals surface area (Å²) >= 11 is 0. The third kappa shape index (κ3) is 2.34. The number of rotatable bonds is 3. The number of nitrogens with zero attached hydrogens (tertiary/aromatic N) is 1. The molecule has 78 valence electrons. The van der Waals surface area contributed by atoms with Gasteiger partial charge in [0.1, 0.15) is 0 Å². The van der Waals surface area contributed by atoms with Crippen LogP contribution in [0.5, 0.6) is 0 Å². The zero-order chi connectivity index (χ0) is 10.7. The second-order valence-corrected chi connectivity index (χ2v) is 3.87. The third-order valence-corrected chi connectivity index (χ3v) is 2.65. The maximum Gasteiger partial charge on any atom is 0.0705 e. The van der Waals surface area contributed by atoms with E-state index in [0.29, 0.717) is 0 Å². The van der Waals surface area contributed by atoms with Gasteiger partial charge in [0.15, 0.2) is 0 Å². The molecule has 0 spiro atoms. The Morgan fingerprint density at radius 3 is 2.80 bits per heavy atom. The van der Waals surface area contributed by atoms with Gasteiger partial charge in [-0.05, 0) is 18.6 Å². The molecule has 1 aromatic carbocycles. The number of fused-ring (bicyclic) bond motifs is 1. The second kappa shape index (κ2) is 4.41. The van der Waals surface area contributed by atoms with Gasteiger partial charge in [-0.15, -0.1) is 0 Å². The van der Waals surface area contributed by atoms with Crippen molar-refractivity contribution in [1.82, 2.24) is 4.98 Å². The highest BCUT2D eigenvalue weighted by Gasteiger charge is 2.03. The van der Waals surface area contributed by atoms with Crippen LogP contribution in [0.4, 0.5) is 0 Å². The summed E-state index contributed by atoms with van der Waals surface area (Å²) < 4.78 is 0. The number of nitrogens with two attached hydrogens (primary N) is 1. The van der Waals surface area contributed by atoms with Gasteiger partial charge in [0.05, 0.1) is 5.52 Å². The van der Waals surface area contributed by atoms with Gasteiger partial charge in [-0.1, -0.05) is 31.2 Å². The van der Waals surface area contributed by atoms with Gasteiger partial charge < -0.3 is 5.73 Å². The van der Waals surface area contributed by atoms with Gasteiger partial charge in [0.25, 0.3) is 0 Å². The van der Waals surface area contributed by atoms with Crippen molar-refractivity contribution in [2.75, 3.05) is 0 Å². The lowest BCUT2D eigenvalue weighted by Crippen LogP contribution is -2.21. The van der Waals surface area contributed by atoms with Crippen LogP contribution in [0.25, 0.3) is 10.9 Å². The normalized spacial score (nSPS) is 12.9. The van der Waals surface area contributed by atoms with Crippen LogP contribution in [0.3, 0.4) is 0 Å². The molecule has 15 heavy (non-hydrogen) atoms. The maximum atomic E-state index is 5.91. The molecule has 0 fully saturated rings. The van der Waals surface area contributed by atoms with Crippen LogP contribution >= 0.6 is 0 Å². The largest absolute Gasteiger partial charge is 0.327 e. The SMILES string of the molecule is CCC(N)Cc1ccc2ccccc2n1. The summed E-state index contributed by atoms with van der Waals surface area (Å²) in [6.45, 7) is 2.10. The highest BCUT2D eigenvalue weighted by Crippen LogP contribution is 2.12. The maximum absolute atomic E-state index is 5.91. The zero-order valence-electron chi connectivity index (χ0n) is 8.98. The van der Waals surface area contributed by atoms with Crippen molar-refractivity contribution in [2.45, 2.75) is 25.8 Å². The van der Waals surface area contributed by atoms with E-state index in [1.54, 1.807) is 0 Å². The first-order valence-electron chi connectivity index (χ1n) is 5.40. The van der Waals surface area contributed by atoms with Crippen molar-refractivity contribution in [2.24, 2.45) is 5.73 Å². The first-order valence-corrected chi connectivity index (χ1v) is 5.40. The minimum atomic E-state index is 0.221. The Morgan fingerprint density at radius 1 is 1.20 bits per heavy atom. The first kappa shape index (κ1) is 10.1. The van der Waals surface area contributed by atoms with Crippen LogP contribution in [-0.2, 0) is 6.42 Å². The highest BCUT2D eigenvalue weighted by atomic mass is 14.7. The molecule has 0 aliphatic heterocycles. The topological polar surface area (TPSA) is 38.9 Å². The van der Waals surface area contributed by atoms with E-state index in [1.807, 2.05) is 18.2 Å². The van der Waals surface area contributed by atoms with Gasteiger partial charge >= 0.3 is 0 Å². The molecule has 1 aromatic heterocycles. The average Bonchev–Trinajstić information content (AvgIpc) is 2.29. The van der Waals surface area contributed by atoms with E-state index >= 15 is 0 Å². The van der Waals surface area contributed by atoms with Crippen molar-refractivity contribution in [1.29, 1.82) is 0 Å². The smallest absolute Gasteiger partial charge is 0.0705 e. The monoisotopic (exact) mass is 200 g/mol. The number of para-hydroxylation sites is 1. The average molecular weight is 200 g/mol. The van der Waals surface area contributed by atoms with Crippen LogP contribution in [0, 0.1) is 0 Å². The van der Waals surface area contributed by atoms with E-state index in [1.165, 1.54) is 5.39 Å². The van der Waals surface area contributed by atoms with Crippen LogP contribution in [0.1, 0.15) is 19.0 Å². The van der Waals surface area contributed by atoms with Gasteiger partial charge in [-0.25, -0.2) is 0 Å². The van der Waals surface area contributed by atoms with E-state index in [4.69, 9.17) is 5.73 Å². The molecule has 0 saturated heterocycles. The summed E-state index contributed by atoms with van der Waals surface area (Å²) in [7, 11) is 0. The number of benzene rings is 1. The molecule has 1 atom stereocenters. The number of hydrogen-bond acceptors (Lipinski definition) is 2. The summed E-state index contributed by atoms with van der Waals surface area (Å²) in [5.74, 6) is 0. The standard InChI is InChI=1S/C13H16N2/c1-2-11(14)9-12-8-7-10-5-3-4-6-13(10)15-12/h3-8,11H,2,9,14H2,1H3. The van der Waals surface area contributed by atoms with Gasteiger partial charge in [0, 0.05) is 23.5 Å². The molecule has 0 radical (unpaired) electrons. The molecule has 0 saturated carbocycles. The molecule has 2 heteroatoms. The van der Waals surface area contributed by atoms with E-state index in [9.17, 15) is 0 Å². The van der Waals surface area contributed by atoms with Crippen LogP contribution in [0.15, 0.2) is 36.4 Å². The lowest BCUT2D eigenvalue weighted by atomic mass is 10.1. The number of hydrogen-bond donors (Lipinski definition) is 1. The van der Waals surface area contributed by atoms with Crippen molar-refractivity contribution < 1.29 is 0 Å². The Hall–Kier alpha value is -1.41. The Labute approximate surface area is 90.1 Å². The fraction of sp³-hybridized carbons (Fsp3) is 0.308. The molecule has 2 aromatic rings. The first-order chi connectivity index (χ1) is 7.29. The Bertz CT molecular complexity index is 451. The van der Waals surface area contributed by atoms with Crippen LogP contribution in [0.2, 0.25) is 0 Å². The third-order valence-electron chi connectivity index (χ3n) is 2.65. The minimum absolute atomic E-state index is 0.221. The van der Waals surface area contributed by atoms with E-state index in [2.05, 4.69) is 30.1 Å². The Morgan fingerprint density at radius 2 is 2.00 bits per heavy atom. The van der Waals surface area contributed by atoms with Gasteiger partial charge in [-0.2, -0.15) is 0 Å². The molecule has 2 nitrogen and oxygen atoms in total. The summed E-state index contributed by atoms with van der Waals surface area (Å²) in [6, 6.07) is 12.6.